The van der Waals surface area contributed by atoms with Gasteiger partial charge in [0, 0.05) is 29.9 Å². The smallest absolute Gasteiger partial charge is 0.290 e. The lowest BCUT2D eigenvalue weighted by Crippen LogP contribution is -2.29. The Bertz CT molecular complexity index is 1070. The number of para-hydroxylation sites is 3. The summed E-state index contributed by atoms with van der Waals surface area (Å²) in [7, 11) is 0. The first-order valence-electron chi connectivity index (χ1n) is 10.3. The van der Waals surface area contributed by atoms with Crippen molar-refractivity contribution in [2.24, 2.45) is 0 Å². The summed E-state index contributed by atoms with van der Waals surface area (Å²) < 4.78 is 17.4. The van der Waals surface area contributed by atoms with E-state index < -0.39 is 12.2 Å². The Balaban J connectivity index is 1.58. The van der Waals surface area contributed by atoms with Crippen LogP contribution in [-0.2, 0) is 14.3 Å². The molecule has 0 unspecified atom stereocenters. The number of nitrogens with one attached hydrogen (secondary N) is 1. The summed E-state index contributed by atoms with van der Waals surface area (Å²) in [5, 5.41) is 22.6. The second kappa shape index (κ2) is 9.68. The molecule has 0 fully saturated rings. The summed E-state index contributed by atoms with van der Waals surface area (Å²) in [6, 6.07) is 14.2. The Hall–Kier alpha value is -3.29. The van der Waals surface area contributed by atoms with Gasteiger partial charge in [0.1, 0.15) is 11.3 Å². The number of carbonyl (C=O) groups is 1. The fraction of sp³-hybridized carbons (Fsp3) is 0.292. The molecule has 0 saturated carbocycles. The van der Waals surface area contributed by atoms with Crippen molar-refractivity contribution in [3.05, 3.63) is 72.2 Å². The monoisotopic (exact) mass is 423 g/mol. The molecule has 3 N–H and O–H groups in total. The SMILES string of the molecule is O=C(Nc1ccccc1O)C1=C[C@@H](c2coc3ccccc23)C[C@@H](OCCCCO)O1. The van der Waals surface area contributed by atoms with Gasteiger partial charge in [-0.15, -0.1) is 0 Å². The van der Waals surface area contributed by atoms with Crippen molar-refractivity contribution >= 4 is 22.6 Å². The molecule has 1 amide bonds. The highest BCUT2D eigenvalue weighted by atomic mass is 16.7. The molecule has 2 atom stereocenters. The minimum Gasteiger partial charge on any atom is -0.506 e. The summed E-state index contributed by atoms with van der Waals surface area (Å²) in [5.41, 5.74) is 2.03. The number of aliphatic hydroxyl groups excluding tert-OH is 1. The Morgan fingerprint density at radius 1 is 1.13 bits per heavy atom. The summed E-state index contributed by atoms with van der Waals surface area (Å²) >= 11 is 0. The van der Waals surface area contributed by atoms with Gasteiger partial charge in [0.2, 0.25) is 6.29 Å². The molecule has 3 aromatic rings. The van der Waals surface area contributed by atoms with Crippen molar-refractivity contribution in [3.8, 4) is 5.75 Å². The largest absolute Gasteiger partial charge is 0.506 e. The lowest BCUT2D eigenvalue weighted by atomic mass is 9.92. The average Bonchev–Trinajstić information content (AvgIpc) is 3.22. The van der Waals surface area contributed by atoms with Crippen LogP contribution < -0.4 is 5.32 Å². The molecule has 0 spiro atoms. The molecule has 162 valence electrons. The van der Waals surface area contributed by atoms with E-state index in [-0.39, 0.29) is 24.0 Å². The number of hydrogen-bond acceptors (Lipinski definition) is 6. The van der Waals surface area contributed by atoms with E-state index in [4.69, 9.17) is 19.0 Å². The lowest BCUT2D eigenvalue weighted by Gasteiger charge is -2.29. The number of allylic oxidation sites excluding steroid dienone is 1. The Morgan fingerprint density at radius 2 is 1.94 bits per heavy atom. The Kier molecular flexibility index (Phi) is 6.54. The third-order valence-corrected chi connectivity index (χ3v) is 5.20. The third kappa shape index (κ3) is 4.90. The van der Waals surface area contributed by atoms with Crippen LogP contribution >= 0.6 is 0 Å². The van der Waals surface area contributed by atoms with E-state index >= 15 is 0 Å². The van der Waals surface area contributed by atoms with Gasteiger partial charge in [0.05, 0.1) is 18.6 Å². The van der Waals surface area contributed by atoms with Crippen LogP contribution in [0, 0.1) is 0 Å². The number of rotatable bonds is 8. The molecular weight excluding hydrogens is 398 g/mol. The molecule has 7 heteroatoms. The molecule has 0 bridgehead atoms. The molecule has 4 rings (SSSR count). The van der Waals surface area contributed by atoms with Crippen LogP contribution in [0.4, 0.5) is 5.69 Å². The zero-order valence-corrected chi connectivity index (χ0v) is 17.0. The van der Waals surface area contributed by atoms with E-state index in [0.29, 0.717) is 31.6 Å². The number of carbonyl (C=O) groups excluding carboxylic acids is 1. The molecule has 7 nitrogen and oxygen atoms in total. The minimum atomic E-state index is -0.618. The van der Waals surface area contributed by atoms with Gasteiger partial charge in [-0.1, -0.05) is 30.3 Å². The van der Waals surface area contributed by atoms with Gasteiger partial charge in [0.15, 0.2) is 5.76 Å². The zero-order valence-electron chi connectivity index (χ0n) is 17.0. The van der Waals surface area contributed by atoms with Gasteiger partial charge in [-0.2, -0.15) is 0 Å². The zero-order chi connectivity index (χ0) is 21.6. The molecule has 2 aromatic carbocycles. The highest BCUT2D eigenvalue weighted by Crippen LogP contribution is 2.36. The van der Waals surface area contributed by atoms with Crippen LogP contribution in [0.1, 0.15) is 30.7 Å². The highest BCUT2D eigenvalue weighted by Gasteiger charge is 2.30. The second-order valence-corrected chi connectivity index (χ2v) is 7.38. The fourth-order valence-electron chi connectivity index (χ4n) is 3.61. The standard InChI is InChI=1S/C24H25NO6/c26-11-5-6-12-29-23-14-16(18-15-30-21-10-4-1-7-17(18)21)13-22(31-23)24(28)25-19-8-2-3-9-20(19)27/h1-4,7-10,13,15-16,23,26-27H,5-6,11-12,14H2,(H,25,28)/t16-,23+/m1/s1. The number of anilines is 1. The lowest BCUT2D eigenvalue weighted by molar-refractivity contribution is -0.143. The van der Waals surface area contributed by atoms with Crippen LogP contribution in [-0.4, -0.2) is 35.6 Å². The summed E-state index contributed by atoms with van der Waals surface area (Å²) in [4.78, 5) is 12.9. The first-order valence-corrected chi connectivity index (χ1v) is 10.3. The quantitative estimate of drug-likeness (QED) is 0.369. The molecule has 2 heterocycles. The number of amides is 1. The van der Waals surface area contributed by atoms with Crippen molar-refractivity contribution in [1.82, 2.24) is 0 Å². The first-order chi connectivity index (χ1) is 15.2. The maximum Gasteiger partial charge on any atom is 0.290 e. The highest BCUT2D eigenvalue weighted by molar-refractivity contribution is 6.03. The number of benzene rings is 2. The van der Waals surface area contributed by atoms with Crippen LogP contribution in [0.15, 0.2) is 71.0 Å². The summed E-state index contributed by atoms with van der Waals surface area (Å²) in [5.74, 6) is -0.522. The van der Waals surface area contributed by atoms with E-state index in [0.717, 1.165) is 16.5 Å². The number of ether oxygens (including phenoxy) is 2. The van der Waals surface area contributed by atoms with E-state index in [1.165, 1.54) is 6.07 Å². The predicted molar refractivity (Wildman–Crippen MR) is 116 cm³/mol. The molecule has 1 aromatic heterocycles. The molecular formula is C24H25NO6. The van der Waals surface area contributed by atoms with Crippen LogP contribution in [0.3, 0.4) is 0 Å². The van der Waals surface area contributed by atoms with E-state index in [9.17, 15) is 9.90 Å². The number of phenols is 1. The number of aliphatic hydroxyl groups is 1. The van der Waals surface area contributed by atoms with E-state index in [2.05, 4.69) is 5.32 Å². The summed E-state index contributed by atoms with van der Waals surface area (Å²) in [6.45, 7) is 0.519. The van der Waals surface area contributed by atoms with Gasteiger partial charge in [-0.25, -0.2) is 0 Å². The number of unbranched alkanes of at least 4 members (excludes halogenated alkanes) is 1. The van der Waals surface area contributed by atoms with E-state index in [1.807, 2.05) is 24.3 Å². The fourth-order valence-corrected chi connectivity index (χ4v) is 3.61. The van der Waals surface area contributed by atoms with E-state index in [1.54, 1.807) is 30.5 Å². The van der Waals surface area contributed by atoms with Crippen LogP contribution in [0.5, 0.6) is 5.75 Å². The third-order valence-electron chi connectivity index (χ3n) is 5.20. The van der Waals surface area contributed by atoms with Crippen molar-refractivity contribution < 1.29 is 28.9 Å². The minimum absolute atomic E-state index is 0.0264. The van der Waals surface area contributed by atoms with Gasteiger partial charge < -0.3 is 29.4 Å². The Morgan fingerprint density at radius 3 is 2.77 bits per heavy atom. The van der Waals surface area contributed by atoms with Crippen molar-refractivity contribution in [1.29, 1.82) is 0 Å². The summed E-state index contributed by atoms with van der Waals surface area (Å²) in [6.07, 6.45) is 4.71. The molecule has 0 aliphatic carbocycles. The van der Waals surface area contributed by atoms with Gasteiger partial charge in [-0.05, 0) is 37.1 Å². The van der Waals surface area contributed by atoms with Crippen LogP contribution in [0.25, 0.3) is 11.0 Å². The Labute approximate surface area is 179 Å². The number of hydrogen-bond donors (Lipinski definition) is 3. The van der Waals surface area contributed by atoms with Gasteiger partial charge in [0.25, 0.3) is 5.91 Å². The molecule has 1 aliphatic rings. The number of furan rings is 1. The normalized spacial score (nSPS) is 18.4. The van der Waals surface area contributed by atoms with Crippen LogP contribution in [0.2, 0.25) is 0 Å². The predicted octanol–water partition coefficient (Wildman–Crippen LogP) is 4.28. The second-order valence-electron chi connectivity index (χ2n) is 7.38. The van der Waals surface area contributed by atoms with Crippen molar-refractivity contribution in [2.45, 2.75) is 31.5 Å². The number of phenolic OH excluding ortho intramolecular Hbond substituents is 1. The first kappa shape index (κ1) is 21.0. The molecule has 31 heavy (non-hydrogen) atoms. The maximum atomic E-state index is 12.9. The van der Waals surface area contributed by atoms with Gasteiger partial charge >= 0.3 is 0 Å². The van der Waals surface area contributed by atoms with Crippen molar-refractivity contribution in [2.75, 3.05) is 18.5 Å². The number of fused-ring (bicyclic) bond motifs is 1. The molecule has 0 saturated heterocycles. The van der Waals surface area contributed by atoms with Crippen molar-refractivity contribution in [3.63, 3.8) is 0 Å². The maximum absolute atomic E-state index is 12.9. The number of aromatic hydroxyl groups is 1. The topological polar surface area (TPSA) is 101 Å². The molecule has 1 aliphatic heterocycles. The average molecular weight is 423 g/mol. The molecule has 0 radical (unpaired) electrons. The van der Waals surface area contributed by atoms with Gasteiger partial charge in [-0.3, -0.25) is 4.79 Å².